The first kappa shape index (κ1) is 15.7. The number of terminal acetylenes is 1. The minimum absolute atomic E-state index is 0. The first-order valence-corrected chi connectivity index (χ1v) is 1.37. The fourth-order valence-electron chi connectivity index (χ4n) is 0. The number of carboxylic acid groups (broad SMARTS) is 1. The van der Waals surface area contributed by atoms with Crippen molar-refractivity contribution < 1.29 is 19.5 Å². The van der Waals surface area contributed by atoms with Gasteiger partial charge in [0.05, 0.1) is 0 Å². The van der Waals surface area contributed by atoms with Gasteiger partial charge in [-0.05, 0) is 0 Å². The van der Waals surface area contributed by atoms with Crippen molar-refractivity contribution in [2.75, 3.05) is 0 Å². The van der Waals surface area contributed by atoms with Crippen LogP contribution in [0, 0.1) is 12.3 Å². The van der Waals surface area contributed by atoms with E-state index in [1.165, 1.54) is 5.92 Å². The summed E-state index contributed by atoms with van der Waals surface area (Å²) < 4.78 is 0. The second-order valence-electron chi connectivity index (χ2n) is 0.533. The van der Waals surface area contributed by atoms with Crippen LogP contribution in [0.5, 0.6) is 0 Å². The number of rotatable bonds is 0. The predicted molar refractivity (Wildman–Crippen MR) is 28.2 cm³/mol. The van der Waals surface area contributed by atoms with Crippen molar-refractivity contribution in [3.63, 3.8) is 0 Å². The van der Waals surface area contributed by atoms with Crippen molar-refractivity contribution in [2.45, 2.75) is 7.43 Å². The summed E-state index contributed by atoms with van der Waals surface area (Å²) in [5.41, 5.74) is 0. The molecule has 9 heavy (non-hydrogen) atoms. The maximum Gasteiger partial charge on any atom is 0.381 e. The van der Waals surface area contributed by atoms with Gasteiger partial charge >= 0.3 is 12.1 Å². The van der Waals surface area contributed by atoms with Crippen LogP contribution in [0.3, 0.4) is 0 Å². The molecule has 0 aliphatic heterocycles. The molecule has 0 aliphatic carbocycles. The molecule has 0 amide bonds. The van der Waals surface area contributed by atoms with E-state index in [1.54, 1.807) is 0 Å². The molecule has 0 aliphatic rings. The van der Waals surface area contributed by atoms with Crippen molar-refractivity contribution in [3.05, 3.63) is 0 Å². The van der Waals surface area contributed by atoms with E-state index in [1.807, 2.05) is 0 Å². The molecule has 0 aromatic rings. The summed E-state index contributed by atoms with van der Waals surface area (Å²) in [4.78, 5) is 25.4. The third-order valence-electron chi connectivity index (χ3n) is 0.123. The Morgan fingerprint density at radius 1 is 1.44 bits per heavy atom. The van der Waals surface area contributed by atoms with Gasteiger partial charge in [-0.25, -0.2) is 4.79 Å². The number of carboxylic acids is 1. The van der Waals surface area contributed by atoms with E-state index in [-0.39, 0.29) is 13.6 Å². The van der Waals surface area contributed by atoms with E-state index in [2.05, 4.69) is 6.42 Å². The molecule has 4 nitrogen and oxygen atoms in total. The monoisotopic (exact) mass is 130 g/mol. The van der Waals surface area contributed by atoms with Gasteiger partial charge in [-0.1, -0.05) is 7.43 Å². The van der Waals surface area contributed by atoms with E-state index < -0.39 is 5.97 Å². The number of carbonyl (C=O) groups excluding carboxylic acids is 2. The molecule has 0 fully saturated rings. The molecule has 0 unspecified atom stereocenters. The smallest absolute Gasteiger partial charge is 0.381 e. The molecule has 0 atom stereocenters. The molecule has 0 saturated carbocycles. The van der Waals surface area contributed by atoms with Gasteiger partial charge in [0.25, 0.3) is 0 Å². The Morgan fingerprint density at radius 3 is 1.56 bits per heavy atom. The van der Waals surface area contributed by atoms with Crippen molar-refractivity contribution in [2.24, 2.45) is 0 Å². The number of hydrogen-bond donors (Lipinski definition) is 1. The summed E-state index contributed by atoms with van der Waals surface area (Å²) in [6, 6.07) is 0. The van der Waals surface area contributed by atoms with Gasteiger partial charge in [-0.15, -0.1) is 6.42 Å². The zero-order valence-corrected chi connectivity index (χ0v) is 3.75. The van der Waals surface area contributed by atoms with Gasteiger partial charge in [0, 0.05) is 5.92 Å². The Hall–Kier alpha value is -1.59. The molecule has 0 rings (SSSR count). The van der Waals surface area contributed by atoms with E-state index in [0.29, 0.717) is 0 Å². The highest BCUT2D eigenvalue weighted by atomic mass is 16.4. The second kappa shape index (κ2) is 16.1. The zero-order valence-electron chi connectivity index (χ0n) is 3.75. The Bertz CT molecular complexity index is 136. The molecule has 0 saturated heterocycles. The van der Waals surface area contributed by atoms with Crippen LogP contribution in [-0.4, -0.2) is 17.2 Å². The lowest BCUT2D eigenvalue weighted by molar-refractivity contribution is -0.191. The van der Waals surface area contributed by atoms with Crippen molar-refractivity contribution in [1.29, 1.82) is 0 Å². The van der Waals surface area contributed by atoms with E-state index in [4.69, 9.17) is 19.5 Å². The first-order valence-electron chi connectivity index (χ1n) is 1.37. The molecule has 0 heterocycles. The number of carbonyl (C=O) groups is 1. The lowest BCUT2D eigenvalue weighted by Crippen LogP contribution is -1.83. The van der Waals surface area contributed by atoms with Gasteiger partial charge in [-0.3, -0.25) is 0 Å². The Kier molecular flexibility index (Phi) is 28.1. The fraction of sp³-hybridized carbons (Fsp3) is 0.200. The summed E-state index contributed by atoms with van der Waals surface area (Å²) >= 11 is 0. The third kappa shape index (κ3) is 742. The quantitative estimate of drug-likeness (QED) is 0.459. The Labute approximate surface area is 52.5 Å². The summed E-state index contributed by atoms with van der Waals surface area (Å²) in [6.07, 6.45) is 4.57. The van der Waals surface area contributed by atoms with Crippen LogP contribution < -0.4 is 0 Å². The maximum atomic E-state index is 9.13. The van der Waals surface area contributed by atoms with Crippen LogP contribution in [0.2, 0.25) is 0 Å². The van der Waals surface area contributed by atoms with Gasteiger partial charge in [-0.2, -0.15) is 9.59 Å². The van der Waals surface area contributed by atoms with Crippen LogP contribution in [0.15, 0.2) is 0 Å². The Balaban J connectivity index is -0.0000000800. The maximum absolute atomic E-state index is 9.13. The molecule has 0 aromatic carbocycles. The van der Waals surface area contributed by atoms with Crippen molar-refractivity contribution >= 4 is 12.1 Å². The molecule has 0 bridgehead atoms. The summed E-state index contributed by atoms with van der Waals surface area (Å²) in [6.45, 7) is 0. The second-order valence-corrected chi connectivity index (χ2v) is 0.533. The average Bonchev–Trinajstić information content (AvgIpc) is 1.69. The van der Waals surface area contributed by atoms with Crippen LogP contribution in [-0.2, 0) is 14.4 Å². The molecule has 1 N–H and O–H groups in total. The van der Waals surface area contributed by atoms with E-state index in [9.17, 15) is 0 Å². The standard InChI is InChI=1S/C3H2O2.CO2.CH4/c1-2-3(4)5;2-1-3;/h1H,(H,4,5);;1H4. The highest BCUT2D eigenvalue weighted by Crippen LogP contribution is 1.44. The number of aliphatic carboxylic acids is 1. The van der Waals surface area contributed by atoms with Crippen LogP contribution >= 0.6 is 0 Å². The summed E-state index contributed by atoms with van der Waals surface area (Å²) in [5.74, 6) is 0.227. The predicted octanol–water partition coefficient (Wildman–Crippen LogP) is -0.243. The molecule has 0 spiro atoms. The van der Waals surface area contributed by atoms with Gasteiger partial charge in [0.1, 0.15) is 0 Å². The lowest BCUT2D eigenvalue weighted by atomic mass is 10.7. The SMILES string of the molecule is C.C#CC(=O)O.O=C=O. The average molecular weight is 130 g/mol. The van der Waals surface area contributed by atoms with E-state index in [0.717, 1.165) is 0 Å². The van der Waals surface area contributed by atoms with Gasteiger partial charge in [0.15, 0.2) is 0 Å². The number of hydrogen-bond acceptors (Lipinski definition) is 3. The van der Waals surface area contributed by atoms with E-state index >= 15 is 0 Å². The van der Waals surface area contributed by atoms with Crippen LogP contribution in [0.1, 0.15) is 7.43 Å². The van der Waals surface area contributed by atoms with Crippen LogP contribution in [0.4, 0.5) is 0 Å². The molecule has 50 valence electrons. The lowest BCUT2D eigenvalue weighted by Gasteiger charge is -1.60. The molecule has 4 heteroatoms. The summed E-state index contributed by atoms with van der Waals surface area (Å²) in [5, 5.41) is 7.49. The van der Waals surface area contributed by atoms with Crippen LogP contribution in [0.25, 0.3) is 0 Å². The Morgan fingerprint density at radius 2 is 1.56 bits per heavy atom. The normalized spacial score (nSPS) is 3.89. The van der Waals surface area contributed by atoms with Gasteiger partial charge < -0.3 is 5.11 Å². The molecular formula is C5H6O4. The molecule has 0 aromatic heterocycles. The fourth-order valence-corrected chi connectivity index (χ4v) is 0. The molecule has 0 radical (unpaired) electrons. The third-order valence-corrected chi connectivity index (χ3v) is 0.123. The largest absolute Gasteiger partial charge is 0.472 e. The highest BCUT2D eigenvalue weighted by Gasteiger charge is 1.74. The minimum atomic E-state index is -1.22. The van der Waals surface area contributed by atoms with Crippen molar-refractivity contribution in [1.82, 2.24) is 0 Å². The molecular weight excluding hydrogens is 124 g/mol. The zero-order chi connectivity index (χ0) is 6.99. The highest BCUT2D eigenvalue weighted by molar-refractivity contribution is 5.85. The minimum Gasteiger partial charge on any atom is -0.472 e. The van der Waals surface area contributed by atoms with Gasteiger partial charge in [0.2, 0.25) is 0 Å². The van der Waals surface area contributed by atoms with Crippen molar-refractivity contribution in [3.8, 4) is 12.3 Å². The first-order chi connectivity index (χ1) is 3.68. The summed E-state index contributed by atoms with van der Waals surface area (Å²) in [7, 11) is 0. The topological polar surface area (TPSA) is 71.4 Å².